The Morgan fingerprint density at radius 3 is 2.43 bits per heavy atom. The highest BCUT2D eigenvalue weighted by Gasteiger charge is 2.25. The van der Waals surface area contributed by atoms with Gasteiger partial charge >= 0.3 is 0 Å². The average molecular weight is 348 g/mol. The minimum absolute atomic E-state index is 0.363. The van der Waals surface area contributed by atoms with Crippen LogP contribution in [0.15, 0.2) is 28.8 Å². The van der Waals surface area contributed by atoms with E-state index in [9.17, 15) is 4.79 Å². The Balaban J connectivity index is 0.000000219. The first-order chi connectivity index (χ1) is 10.0. The molecule has 1 fully saturated rings. The van der Waals surface area contributed by atoms with E-state index in [1.165, 1.54) is 24.8 Å². The fourth-order valence-corrected chi connectivity index (χ4v) is 2.43. The lowest BCUT2D eigenvalue weighted by Crippen LogP contribution is -2.10. The number of allylic oxidation sites excluding steroid dienone is 2. The summed E-state index contributed by atoms with van der Waals surface area (Å²) >= 11 is 12.9. The van der Waals surface area contributed by atoms with Gasteiger partial charge < -0.3 is 11.1 Å². The van der Waals surface area contributed by atoms with Gasteiger partial charge in [0, 0.05) is 32.8 Å². The van der Waals surface area contributed by atoms with Crippen LogP contribution < -0.4 is 16.2 Å². The van der Waals surface area contributed by atoms with Gasteiger partial charge in [-0.25, -0.2) is 0 Å². The highest BCUT2D eigenvalue weighted by atomic mass is 35.5. The molecule has 4 nitrogen and oxygen atoms in total. The van der Waals surface area contributed by atoms with E-state index >= 15 is 0 Å². The molecule has 1 aliphatic carbocycles. The van der Waals surface area contributed by atoms with Gasteiger partial charge in [0.05, 0.1) is 0 Å². The predicted molar refractivity (Wildman–Crippen MR) is 90.8 cm³/mol. The molecule has 1 amide bonds. The normalized spacial score (nSPS) is 14.7. The number of rotatable bonds is 5. The topological polar surface area (TPSA) is 81.1 Å². The van der Waals surface area contributed by atoms with Crippen molar-refractivity contribution in [2.45, 2.75) is 26.3 Å². The molecule has 0 unspecified atom stereocenters. The lowest BCUT2D eigenvalue weighted by molar-refractivity contribution is -0.109. The SMILES string of the molecule is C/C(SN)=C(/N)C1CC1.O=CNCc1c(Cl)cccc1Cl. The molecule has 7 heteroatoms. The number of carbonyl (C=O) groups is 1. The van der Waals surface area contributed by atoms with Crippen LogP contribution in [0.1, 0.15) is 25.3 Å². The molecule has 1 aromatic carbocycles. The fourth-order valence-electron chi connectivity index (χ4n) is 1.59. The Kier molecular flexibility index (Phi) is 7.96. The summed E-state index contributed by atoms with van der Waals surface area (Å²) < 4.78 is 0. The Bertz CT molecular complexity index is 499. The molecule has 5 N–H and O–H groups in total. The van der Waals surface area contributed by atoms with E-state index in [-0.39, 0.29) is 0 Å². The third-order valence-electron chi connectivity index (χ3n) is 3.02. The molecule has 1 aliphatic rings. The molecule has 0 aliphatic heterocycles. The van der Waals surface area contributed by atoms with Crippen molar-refractivity contribution in [2.75, 3.05) is 0 Å². The number of benzene rings is 1. The predicted octanol–water partition coefficient (Wildman–Crippen LogP) is 3.43. The third kappa shape index (κ3) is 6.18. The fraction of sp³-hybridized carbons (Fsp3) is 0.357. The highest BCUT2D eigenvalue weighted by molar-refractivity contribution is 8.00. The van der Waals surface area contributed by atoms with Crippen LogP contribution in [-0.4, -0.2) is 6.41 Å². The lowest BCUT2D eigenvalue weighted by Gasteiger charge is -2.04. The molecule has 0 heterocycles. The van der Waals surface area contributed by atoms with Crippen molar-refractivity contribution in [1.82, 2.24) is 5.32 Å². The number of halogens is 2. The molecule has 1 saturated carbocycles. The first-order valence-corrected chi connectivity index (χ1v) is 8.07. The van der Waals surface area contributed by atoms with Crippen LogP contribution in [0, 0.1) is 5.92 Å². The van der Waals surface area contributed by atoms with Crippen LogP contribution >= 0.6 is 35.1 Å². The summed E-state index contributed by atoms with van der Waals surface area (Å²) in [6.07, 6.45) is 3.12. The maximum atomic E-state index is 10.0. The van der Waals surface area contributed by atoms with Crippen molar-refractivity contribution in [3.8, 4) is 0 Å². The molecule has 2 rings (SSSR count). The minimum atomic E-state index is 0.363. The van der Waals surface area contributed by atoms with Crippen LogP contribution in [-0.2, 0) is 11.3 Å². The molecule has 21 heavy (non-hydrogen) atoms. The van der Waals surface area contributed by atoms with Crippen LogP contribution in [0.3, 0.4) is 0 Å². The largest absolute Gasteiger partial charge is 0.401 e. The molecule has 0 aromatic heterocycles. The molecule has 0 saturated heterocycles. The summed E-state index contributed by atoms with van der Waals surface area (Å²) in [5.74, 6) is 0.654. The van der Waals surface area contributed by atoms with E-state index in [1.807, 2.05) is 6.92 Å². The van der Waals surface area contributed by atoms with Gasteiger partial charge in [-0.2, -0.15) is 0 Å². The van der Waals surface area contributed by atoms with Crippen molar-refractivity contribution < 1.29 is 4.79 Å². The number of hydrogen-bond donors (Lipinski definition) is 3. The number of hydrogen-bond acceptors (Lipinski definition) is 4. The van der Waals surface area contributed by atoms with Gasteiger partial charge in [0.2, 0.25) is 6.41 Å². The van der Waals surface area contributed by atoms with E-state index < -0.39 is 0 Å². The zero-order valence-corrected chi connectivity index (χ0v) is 14.1. The van der Waals surface area contributed by atoms with Crippen molar-refractivity contribution in [3.05, 3.63) is 44.4 Å². The van der Waals surface area contributed by atoms with Gasteiger partial charge in [0.1, 0.15) is 0 Å². The Labute approximate surface area is 139 Å². The van der Waals surface area contributed by atoms with Gasteiger partial charge in [-0.1, -0.05) is 41.2 Å². The van der Waals surface area contributed by atoms with Crippen LogP contribution in [0.4, 0.5) is 0 Å². The van der Waals surface area contributed by atoms with Crippen LogP contribution in [0.2, 0.25) is 10.0 Å². The van der Waals surface area contributed by atoms with E-state index in [1.54, 1.807) is 18.2 Å². The zero-order valence-electron chi connectivity index (χ0n) is 11.7. The maximum Gasteiger partial charge on any atom is 0.207 e. The molecule has 116 valence electrons. The minimum Gasteiger partial charge on any atom is -0.401 e. The molecule has 1 aromatic rings. The Hall–Kier alpha value is -0.880. The monoisotopic (exact) mass is 347 g/mol. The van der Waals surface area contributed by atoms with Crippen molar-refractivity contribution >= 4 is 41.6 Å². The number of amides is 1. The molecule has 0 atom stereocenters. The van der Waals surface area contributed by atoms with E-state index in [2.05, 4.69) is 5.32 Å². The van der Waals surface area contributed by atoms with Crippen LogP contribution in [0.25, 0.3) is 0 Å². The Morgan fingerprint density at radius 1 is 1.43 bits per heavy atom. The summed E-state index contributed by atoms with van der Waals surface area (Å²) in [5.41, 5.74) is 7.46. The summed E-state index contributed by atoms with van der Waals surface area (Å²) in [7, 11) is 0. The first kappa shape index (κ1) is 18.2. The highest BCUT2D eigenvalue weighted by Crippen LogP contribution is 2.36. The summed E-state index contributed by atoms with van der Waals surface area (Å²) in [5, 5.41) is 8.95. The second kappa shape index (κ2) is 9.20. The van der Waals surface area contributed by atoms with Gasteiger partial charge in [0.25, 0.3) is 0 Å². The summed E-state index contributed by atoms with van der Waals surface area (Å²) in [6.45, 7) is 2.33. The van der Waals surface area contributed by atoms with Gasteiger partial charge in [-0.05, 0) is 37.8 Å². The van der Waals surface area contributed by atoms with E-state index in [4.69, 9.17) is 34.1 Å². The molecule has 0 bridgehead atoms. The standard InChI is InChI=1S/C8H7Cl2NO.C6H12N2S/c9-7-2-1-3-8(10)6(7)4-11-5-12;1-4(9-8)6(7)5-2-3-5/h1-3,5H,4H2,(H,11,12);5H,2-3,7-8H2,1H3/b;6-4-. The van der Waals surface area contributed by atoms with Gasteiger partial charge in [-0.15, -0.1) is 0 Å². The quantitative estimate of drug-likeness (QED) is 0.562. The van der Waals surface area contributed by atoms with Crippen molar-refractivity contribution in [2.24, 2.45) is 16.8 Å². The van der Waals surface area contributed by atoms with Gasteiger partial charge in [-0.3, -0.25) is 9.93 Å². The molecular weight excluding hydrogens is 329 g/mol. The third-order valence-corrected chi connectivity index (χ3v) is 4.32. The number of nitrogens with one attached hydrogen (secondary N) is 1. The van der Waals surface area contributed by atoms with E-state index in [0.717, 1.165) is 16.2 Å². The van der Waals surface area contributed by atoms with Crippen LogP contribution in [0.5, 0.6) is 0 Å². The Morgan fingerprint density at radius 2 is 2.00 bits per heavy atom. The maximum absolute atomic E-state index is 10.0. The smallest absolute Gasteiger partial charge is 0.207 e. The molecular formula is C14H19Cl2N3OS. The number of nitrogens with two attached hydrogens (primary N) is 2. The van der Waals surface area contributed by atoms with Crippen molar-refractivity contribution in [3.63, 3.8) is 0 Å². The second-order valence-corrected chi connectivity index (χ2v) is 6.27. The van der Waals surface area contributed by atoms with Gasteiger partial charge in [0.15, 0.2) is 0 Å². The lowest BCUT2D eigenvalue weighted by atomic mass is 10.2. The first-order valence-electron chi connectivity index (χ1n) is 6.44. The van der Waals surface area contributed by atoms with E-state index in [0.29, 0.717) is 28.9 Å². The summed E-state index contributed by atoms with van der Waals surface area (Å²) in [6, 6.07) is 5.22. The van der Waals surface area contributed by atoms with Crippen molar-refractivity contribution in [1.29, 1.82) is 0 Å². The molecule has 0 radical (unpaired) electrons. The average Bonchev–Trinajstić information content (AvgIpc) is 3.30. The summed E-state index contributed by atoms with van der Waals surface area (Å²) in [4.78, 5) is 11.1. The zero-order chi connectivity index (χ0) is 15.8. The molecule has 0 spiro atoms. The second-order valence-electron chi connectivity index (χ2n) is 4.60. The number of carbonyl (C=O) groups excluding carboxylic acids is 1.